The predicted molar refractivity (Wildman–Crippen MR) is 150 cm³/mol. The SMILES string of the molecule is CC(C)(C)OC(=O)N1CCC2(CC1)Cc1cc(C=CC(=O)N3CC=C(Cc4nccs4)CC3)cnc1NC2=O. The molecule has 5 heterocycles. The molecule has 10 heteroatoms. The second-order valence-electron chi connectivity index (χ2n) is 11.5. The highest BCUT2D eigenvalue weighted by atomic mass is 32.1. The summed E-state index contributed by atoms with van der Waals surface area (Å²) in [6.45, 7) is 7.76. The Kier molecular flexibility index (Phi) is 7.57. The van der Waals surface area contributed by atoms with Gasteiger partial charge in [0.25, 0.3) is 0 Å². The van der Waals surface area contributed by atoms with Crippen molar-refractivity contribution in [3.05, 3.63) is 57.7 Å². The Morgan fingerprint density at radius 1 is 1.18 bits per heavy atom. The van der Waals surface area contributed by atoms with Gasteiger partial charge in [0, 0.05) is 56.4 Å². The van der Waals surface area contributed by atoms with Crippen molar-refractivity contribution in [2.75, 3.05) is 31.5 Å². The standard InChI is InChI=1S/C29H35N5O4S/c1-28(2,3)38-27(37)34-13-8-29(9-14-34)18-22-16-21(19-31-25(22)32-26(29)36)4-5-24(35)33-11-6-20(7-12-33)17-23-30-10-15-39-23/h4-6,10,15-16,19H,7-9,11-14,17-18H2,1-3H3,(H,31,32,36). The molecule has 0 aliphatic carbocycles. The van der Waals surface area contributed by atoms with E-state index >= 15 is 0 Å². The number of likely N-dealkylation sites (tertiary alicyclic amines) is 1. The summed E-state index contributed by atoms with van der Waals surface area (Å²) >= 11 is 1.66. The minimum Gasteiger partial charge on any atom is -0.444 e. The van der Waals surface area contributed by atoms with E-state index in [0.717, 1.165) is 29.0 Å². The van der Waals surface area contributed by atoms with Crippen molar-refractivity contribution < 1.29 is 19.1 Å². The Hall–Kier alpha value is -3.53. The second kappa shape index (κ2) is 10.9. The first-order valence-electron chi connectivity index (χ1n) is 13.4. The fourth-order valence-corrected chi connectivity index (χ4v) is 5.95. The highest BCUT2D eigenvalue weighted by Gasteiger charge is 2.46. The maximum atomic E-state index is 13.1. The van der Waals surface area contributed by atoms with Crippen molar-refractivity contribution in [3.63, 3.8) is 0 Å². The number of ether oxygens (including phenoxy) is 1. The Balaban J connectivity index is 1.19. The minimum absolute atomic E-state index is 0.0310. The number of anilines is 1. The normalized spacial score (nSPS) is 19.1. The average molecular weight is 550 g/mol. The number of aromatic nitrogens is 2. The number of thiazole rings is 1. The molecular weight excluding hydrogens is 514 g/mol. The van der Waals surface area contributed by atoms with E-state index in [1.807, 2.05) is 43.3 Å². The molecule has 0 saturated carbocycles. The van der Waals surface area contributed by atoms with E-state index in [2.05, 4.69) is 21.4 Å². The van der Waals surface area contributed by atoms with E-state index in [4.69, 9.17) is 4.74 Å². The maximum absolute atomic E-state index is 13.1. The van der Waals surface area contributed by atoms with Gasteiger partial charge in [-0.05, 0) is 69.7 Å². The molecule has 0 unspecified atom stereocenters. The summed E-state index contributed by atoms with van der Waals surface area (Å²) < 4.78 is 5.50. The van der Waals surface area contributed by atoms with E-state index in [-0.39, 0.29) is 17.9 Å². The van der Waals surface area contributed by atoms with Crippen LogP contribution in [0.25, 0.3) is 6.08 Å². The van der Waals surface area contributed by atoms with Gasteiger partial charge >= 0.3 is 6.09 Å². The summed E-state index contributed by atoms with van der Waals surface area (Å²) in [5.74, 6) is 0.492. The molecule has 1 fully saturated rings. The number of carbonyl (C=O) groups excluding carboxylic acids is 3. The van der Waals surface area contributed by atoms with Crippen LogP contribution in [0.3, 0.4) is 0 Å². The number of hydrogen-bond acceptors (Lipinski definition) is 7. The van der Waals surface area contributed by atoms with Crippen LogP contribution in [0.2, 0.25) is 0 Å². The second-order valence-corrected chi connectivity index (χ2v) is 12.5. The zero-order valence-electron chi connectivity index (χ0n) is 22.7. The first-order valence-corrected chi connectivity index (χ1v) is 14.3. The van der Waals surface area contributed by atoms with Crippen LogP contribution in [-0.2, 0) is 27.2 Å². The summed E-state index contributed by atoms with van der Waals surface area (Å²) in [4.78, 5) is 50.7. The molecule has 1 saturated heterocycles. The summed E-state index contributed by atoms with van der Waals surface area (Å²) in [7, 11) is 0. The highest BCUT2D eigenvalue weighted by Crippen LogP contribution is 2.41. The van der Waals surface area contributed by atoms with Crippen LogP contribution in [0.15, 0.2) is 41.6 Å². The molecule has 2 aromatic rings. The molecule has 3 amide bonds. The Bertz CT molecular complexity index is 1300. The van der Waals surface area contributed by atoms with Gasteiger partial charge in [0.1, 0.15) is 11.4 Å². The quantitative estimate of drug-likeness (QED) is 0.446. The number of nitrogens with one attached hydrogen (secondary N) is 1. The van der Waals surface area contributed by atoms with Crippen molar-refractivity contribution in [3.8, 4) is 0 Å². The van der Waals surface area contributed by atoms with Gasteiger partial charge in [-0.15, -0.1) is 11.3 Å². The number of fused-ring (bicyclic) bond motifs is 1. The minimum atomic E-state index is -0.582. The van der Waals surface area contributed by atoms with E-state index in [1.54, 1.807) is 34.6 Å². The van der Waals surface area contributed by atoms with Crippen LogP contribution < -0.4 is 5.32 Å². The third kappa shape index (κ3) is 6.38. The number of nitrogens with zero attached hydrogens (tertiary/aromatic N) is 4. The van der Waals surface area contributed by atoms with Gasteiger partial charge < -0.3 is 19.9 Å². The van der Waals surface area contributed by atoms with Gasteiger partial charge in [0.15, 0.2) is 0 Å². The first-order chi connectivity index (χ1) is 18.6. The maximum Gasteiger partial charge on any atom is 0.410 e. The van der Waals surface area contributed by atoms with Crippen LogP contribution >= 0.6 is 11.3 Å². The molecule has 3 aliphatic rings. The molecule has 2 aromatic heterocycles. The molecule has 1 spiro atoms. The predicted octanol–water partition coefficient (Wildman–Crippen LogP) is 4.46. The summed E-state index contributed by atoms with van der Waals surface area (Å²) in [6.07, 6.45) is 12.1. The Morgan fingerprint density at radius 3 is 2.64 bits per heavy atom. The number of amides is 3. The molecule has 3 aliphatic heterocycles. The third-order valence-electron chi connectivity index (χ3n) is 7.50. The number of hydrogen-bond donors (Lipinski definition) is 1. The first kappa shape index (κ1) is 27.1. The van der Waals surface area contributed by atoms with Crippen molar-refractivity contribution in [1.29, 1.82) is 0 Å². The molecule has 1 N–H and O–H groups in total. The smallest absolute Gasteiger partial charge is 0.410 e. The van der Waals surface area contributed by atoms with Gasteiger partial charge in [-0.2, -0.15) is 0 Å². The van der Waals surface area contributed by atoms with Crippen LogP contribution in [0.4, 0.5) is 10.6 Å². The molecular formula is C29H35N5O4S. The van der Waals surface area contributed by atoms with Gasteiger partial charge in [-0.1, -0.05) is 11.6 Å². The molecule has 0 atom stereocenters. The monoisotopic (exact) mass is 549 g/mol. The van der Waals surface area contributed by atoms with Crippen molar-refractivity contribution in [2.45, 2.75) is 58.5 Å². The number of pyridine rings is 1. The lowest BCUT2D eigenvalue weighted by atomic mass is 9.71. The van der Waals surface area contributed by atoms with Crippen molar-refractivity contribution in [2.24, 2.45) is 5.41 Å². The molecule has 0 radical (unpaired) electrons. The molecule has 39 heavy (non-hydrogen) atoms. The Morgan fingerprint density at radius 2 is 1.97 bits per heavy atom. The third-order valence-corrected chi connectivity index (χ3v) is 8.28. The van der Waals surface area contributed by atoms with Crippen LogP contribution in [0, 0.1) is 5.41 Å². The average Bonchev–Trinajstić information content (AvgIpc) is 3.41. The lowest BCUT2D eigenvalue weighted by molar-refractivity contribution is -0.129. The number of piperidine rings is 1. The zero-order valence-corrected chi connectivity index (χ0v) is 23.6. The van der Waals surface area contributed by atoms with Gasteiger partial charge in [0.2, 0.25) is 11.8 Å². The molecule has 0 aromatic carbocycles. The van der Waals surface area contributed by atoms with E-state index in [9.17, 15) is 14.4 Å². The van der Waals surface area contributed by atoms with Gasteiger partial charge in [0.05, 0.1) is 10.4 Å². The summed E-state index contributed by atoms with van der Waals surface area (Å²) in [5, 5.41) is 6.06. The van der Waals surface area contributed by atoms with Crippen LogP contribution in [-0.4, -0.2) is 69.5 Å². The van der Waals surface area contributed by atoms with Crippen LogP contribution in [0.5, 0.6) is 0 Å². The van der Waals surface area contributed by atoms with E-state index in [1.165, 1.54) is 5.57 Å². The fraction of sp³-hybridized carbons (Fsp3) is 0.483. The van der Waals surface area contributed by atoms with E-state index < -0.39 is 11.0 Å². The van der Waals surface area contributed by atoms with Crippen molar-refractivity contribution >= 4 is 41.1 Å². The molecule has 0 bridgehead atoms. The van der Waals surface area contributed by atoms with E-state index in [0.29, 0.717) is 51.3 Å². The summed E-state index contributed by atoms with van der Waals surface area (Å²) in [5.41, 5.74) is 1.95. The van der Waals surface area contributed by atoms with Gasteiger partial charge in [-0.25, -0.2) is 14.8 Å². The molecule has 5 rings (SSSR count). The largest absolute Gasteiger partial charge is 0.444 e. The van der Waals surface area contributed by atoms with Gasteiger partial charge in [-0.3, -0.25) is 9.59 Å². The Labute approximate surface area is 233 Å². The lowest BCUT2D eigenvalue weighted by Gasteiger charge is -2.43. The van der Waals surface area contributed by atoms with Crippen LogP contribution in [0.1, 0.15) is 56.2 Å². The lowest BCUT2D eigenvalue weighted by Crippen LogP contribution is -2.51. The zero-order chi connectivity index (χ0) is 27.6. The topological polar surface area (TPSA) is 105 Å². The fourth-order valence-electron chi connectivity index (χ4n) is 5.28. The number of rotatable bonds is 4. The summed E-state index contributed by atoms with van der Waals surface area (Å²) in [6, 6.07) is 2.00. The van der Waals surface area contributed by atoms with Crippen molar-refractivity contribution in [1.82, 2.24) is 19.8 Å². The molecule has 9 nitrogen and oxygen atoms in total. The number of carbonyl (C=O) groups is 3. The molecule has 206 valence electrons. The highest BCUT2D eigenvalue weighted by molar-refractivity contribution is 7.09.